The molecule has 0 fully saturated rings. The summed E-state index contributed by atoms with van der Waals surface area (Å²) in [6.07, 6.45) is -0.342. The fourth-order valence-electron chi connectivity index (χ4n) is 1.21. The predicted octanol–water partition coefficient (Wildman–Crippen LogP) is 0.452. The molecule has 0 atom stereocenters. The first kappa shape index (κ1) is 17.2. The summed E-state index contributed by atoms with van der Waals surface area (Å²) in [6.45, 7) is 7.89. The molecule has 0 bridgehead atoms. The number of nitrogens with one attached hydrogen (secondary N) is 1. The van der Waals surface area contributed by atoms with Crippen LogP contribution in [0.5, 0.6) is 0 Å². The van der Waals surface area contributed by atoms with Crippen molar-refractivity contribution >= 4 is 6.09 Å². The van der Waals surface area contributed by atoms with Crippen molar-refractivity contribution in [2.45, 2.75) is 26.4 Å². The number of aliphatic hydroxyl groups excluding tert-OH is 1. The number of hydrogen-bond donors (Lipinski definition) is 2. The van der Waals surface area contributed by atoms with Crippen LogP contribution in [-0.4, -0.2) is 68.2 Å². The van der Waals surface area contributed by atoms with E-state index in [0.717, 1.165) is 0 Å². The molecule has 0 aliphatic rings. The molecule has 18 heavy (non-hydrogen) atoms. The smallest absolute Gasteiger partial charge is 0.410 e. The maximum atomic E-state index is 11.9. The average molecular weight is 262 g/mol. The van der Waals surface area contributed by atoms with Crippen molar-refractivity contribution in [3.8, 4) is 0 Å². The Bertz CT molecular complexity index is 229. The lowest BCUT2D eigenvalue weighted by Crippen LogP contribution is -2.41. The molecule has 0 aliphatic heterocycles. The highest BCUT2D eigenvalue weighted by Gasteiger charge is 2.21. The number of likely N-dealkylation sites (N-methyl/N-ethyl adjacent to an activating group) is 1. The molecule has 108 valence electrons. The van der Waals surface area contributed by atoms with Gasteiger partial charge in [-0.05, 0) is 27.8 Å². The third kappa shape index (κ3) is 9.21. The van der Waals surface area contributed by atoms with Gasteiger partial charge in [0.2, 0.25) is 0 Å². The summed E-state index contributed by atoms with van der Waals surface area (Å²) in [7, 11) is 1.83. The first-order valence-corrected chi connectivity index (χ1v) is 6.22. The molecule has 1 amide bonds. The monoisotopic (exact) mass is 262 g/mol. The van der Waals surface area contributed by atoms with Crippen LogP contribution in [0.3, 0.4) is 0 Å². The first-order valence-electron chi connectivity index (χ1n) is 6.22. The molecule has 0 aromatic heterocycles. The van der Waals surface area contributed by atoms with Gasteiger partial charge in [-0.15, -0.1) is 0 Å². The molecule has 0 saturated carbocycles. The zero-order valence-corrected chi connectivity index (χ0v) is 11.9. The summed E-state index contributed by atoms with van der Waals surface area (Å²) in [6, 6.07) is 0. The van der Waals surface area contributed by atoms with Crippen LogP contribution in [0.25, 0.3) is 0 Å². The standard InChI is InChI=1S/C12H26N2O4/c1-12(2,3)18-11(16)14(6-5-13-4)7-9-17-10-8-15/h13,15H,5-10H2,1-4H3. The Hall–Kier alpha value is -0.850. The third-order valence-corrected chi connectivity index (χ3v) is 2.02. The number of nitrogens with zero attached hydrogens (tertiary/aromatic N) is 1. The number of carbonyl (C=O) groups excluding carboxylic acids is 1. The van der Waals surface area contributed by atoms with Crippen LogP contribution in [0.15, 0.2) is 0 Å². The number of aliphatic hydroxyl groups is 1. The summed E-state index contributed by atoms with van der Waals surface area (Å²) in [5, 5.41) is 11.6. The zero-order valence-electron chi connectivity index (χ0n) is 11.9. The molecule has 0 aromatic rings. The minimum atomic E-state index is -0.499. The van der Waals surface area contributed by atoms with Crippen LogP contribution in [0.1, 0.15) is 20.8 Å². The Labute approximate surface area is 109 Å². The van der Waals surface area contributed by atoms with Gasteiger partial charge in [-0.25, -0.2) is 4.79 Å². The zero-order chi connectivity index (χ0) is 14.0. The molecule has 0 radical (unpaired) electrons. The van der Waals surface area contributed by atoms with Crippen LogP contribution >= 0.6 is 0 Å². The fraction of sp³-hybridized carbons (Fsp3) is 0.917. The van der Waals surface area contributed by atoms with E-state index in [4.69, 9.17) is 14.6 Å². The van der Waals surface area contributed by atoms with Crippen molar-refractivity contribution in [1.29, 1.82) is 0 Å². The molecule has 6 nitrogen and oxygen atoms in total. The quantitative estimate of drug-likeness (QED) is 0.622. The van der Waals surface area contributed by atoms with Crippen LogP contribution < -0.4 is 5.32 Å². The Kier molecular flexibility index (Phi) is 8.70. The molecule has 0 rings (SSSR count). The topological polar surface area (TPSA) is 71.0 Å². The minimum Gasteiger partial charge on any atom is -0.444 e. The number of amides is 1. The van der Waals surface area contributed by atoms with Crippen LogP contribution in [-0.2, 0) is 9.47 Å². The van der Waals surface area contributed by atoms with E-state index in [1.54, 1.807) is 4.90 Å². The SMILES string of the molecule is CNCCN(CCOCCO)C(=O)OC(C)(C)C. The molecule has 0 unspecified atom stereocenters. The summed E-state index contributed by atoms with van der Waals surface area (Å²) in [4.78, 5) is 13.5. The number of hydrogen-bond acceptors (Lipinski definition) is 5. The van der Waals surface area contributed by atoms with Crippen molar-refractivity contribution < 1.29 is 19.4 Å². The highest BCUT2D eigenvalue weighted by Crippen LogP contribution is 2.09. The van der Waals surface area contributed by atoms with Gasteiger partial charge in [0, 0.05) is 19.6 Å². The minimum absolute atomic E-state index is 0.0110. The lowest BCUT2D eigenvalue weighted by atomic mass is 10.2. The predicted molar refractivity (Wildman–Crippen MR) is 69.6 cm³/mol. The second-order valence-corrected chi connectivity index (χ2v) is 4.91. The molecule has 0 spiro atoms. The Balaban J connectivity index is 4.15. The number of rotatable bonds is 8. The number of carbonyl (C=O) groups is 1. The molecule has 6 heteroatoms. The van der Waals surface area contributed by atoms with Gasteiger partial charge in [-0.3, -0.25) is 0 Å². The maximum Gasteiger partial charge on any atom is 0.410 e. The van der Waals surface area contributed by atoms with Gasteiger partial charge in [0.05, 0.1) is 19.8 Å². The van der Waals surface area contributed by atoms with Crippen molar-refractivity contribution in [2.75, 3.05) is 46.5 Å². The van der Waals surface area contributed by atoms with E-state index >= 15 is 0 Å². The number of ether oxygens (including phenoxy) is 2. The summed E-state index contributed by atoms with van der Waals surface area (Å²) in [5.74, 6) is 0. The van der Waals surface area contributed by atoms with Gasteiger partial charge in [0.25, 0.3) is 0 Å². The summed E-state index contributed by atoms with van der Waals surface area (Å²) >= 11 is 0. The van der Waals surface area contributed by atoms with E-state index in [-0.39, 0.29) is 19.3 Å². The summed E-state index contributed by atoms with van der Waals surface area (Å²) < 4.78 is 10.5. The van der Waals surface area contributed by atoms with Crippen molar-refractivity contribution in [2.24, 2.45) is 0 Å². The lowest BCUT2D eigenvalue weighted by molar-refractivity contribution is 0.0158. The molecule has 0 aromatic carbocycles. The van der Waals surface area contributed by atoms with E-state index in [0.29, 0.717) is 26.2 Å². The van der Waals surface area contributed by atoms with Crippen LogP contribution in [0, 0.1) is 0 Å². The highest BCUT2D eigenvalue weighted by molar-refractivity contribution is 5.68. The van der Waals surface area contributed by atoms with Gasteiger partial charge < -0.3 is 24.8 Å². The van der Waals surface area contributed by atoms with E-state index in [2.05, 4.69) is 5.32 Å². The van der Waals surface area contributed by atoms with Crippen molar-refractivity contribution in [3.63, 3.8) is 0 Å². The summed E-state index contributed by atoms with van der Waals surface area (Å²) in [5.41, 5.74) is -0.499. The van der Waals surface area contributed by atoms with Crippen LogP contribution in [0.2, 0.25) is 0 Å². The van der Waals surface area contributed by atoms with E-state index < -0.39 is 5.60 Å². The molecular weight excluding hydrogens is 236 g/mol. The highest BCUT2D eigenvalue weighted by atomic mass is 16.6. The van der Waals surface area contributed by atoms with Crippen LogP contribution in [0.4, 0.5) is 4.79 Å². The first-order chi connectivity index (χ1) is 8.40. The van der Waals surface area contributed by atoms with E-state index in [1.807, 2.05) is 27.8 Å². The molecule has 0 aliphatic carbocycles. The van der Waals surface area contributed by atoms with Gasteiger partial charge in [-0.1, -0.05) is 0 Å². The largest absolute Gasteiger partial charge is 0.444 e. The Morgan fingerprint density at radius 1 is 1.28 bits per heavy atom. The maximum absolute atomic E-state index is 11.9. The molecular formula is C12H26N2O4. The molecule has 0 heterocycles. The molecule has 0 saturated heterocycles. The third-order valence-electron chi connectivity index (χ3n) is 2.02. The second-order valence-electron chi connectivity index (χ2n) is 4.91. The van der Waals surface area contributed by atoms with E-state index in [9.17, 15) is 4.79 Å². The van der Waals surface area contributed by atoms with Gasteiger partial charge >= 0.3 is 6.09 Å². The normalized spacial score (nSPS) is 11.4. The second kappa shape index (κ2) is 9.13. The fourth-order valence-corrected chi connectivity index (χ4v) is 1.21. The van der Waals surface area contributed by atoms with Crippen molar-refractivity contribution in [1.82, 2.24) is 10.2 Å². The van der Waals surface area contributed by atoms with E-state index in [1.165, 1.54) is 0 Å². The Morgan fingerprint density at radius 3 is 2.44 bits per heavy atom. The van der Waals surface area contributed by atoms with Gasteiger partial charge in [-0.2, -0.15) is 0 Å². The Morgan fingerprint density at radius 2 is 1.94 bits per heavy atom. The van der Waals surface area contributed by atoms with Crippen molar-refractivity contribution in [3.05, 3.63) is 0 Å². The van der Waals surface area contributed by atoms with Gasteiger partial charge in [0.15, 0.2) is 0 Å². The molecule has 2 N–H and O–H groups in total. The lowest BCUT2D eigenvalue weighted by Gasteiger charge is -2.27. The average Bonchev–Trinajstić information content (AvgIpc) is 2.25. The van der Waals surface area contributed by atoms with Gasteiger partial charge in [0.1, 0.15) is 5.60 Å².